The molecule has 3 heteroatoms. The Bertz CT molecular complexity index is 165. The van der Waals surface area contributed by atoms with Gasteiger partial charge in [-0.25, -0.2) is 0 Å². The van der Waals surface area contributed by atoms with E-state index in [1.54, 1.807) is 0 Å². The molecule has 1 N–H and O–H groups in total. The fourth-order valence-corrected chi connectivity index (χ4v) is 1.45. The van der Waals surface area contributed by atoms with Crippen molar-refractivity contribution in [2.45, 2.75) is 19.3 Å². The first-order valence-corrected chi connectivity index (χ1v) is 4.35. The molecule has 0 atom stereocenters. The largest absolute Gasteiger partial charge is 0.329 e. The highest BCUT2D eigenvalue weighted by Gasteiger charge is 2.25. The van der Waals surface area contributed by atoms with Crippen molar-refractivity contribution < 1.29 is 4.79 Å². The average Bonchev–Trinajstić information content (AvgIpc) is 2.73. The average molecular weight is 154 g/mol. The molecule has 11 heavy (non-hydrogen) atoms. The number of nitrogens with zero attached hydrogens (tertiary/aromatic N) is 1. The van der Waals surface area contributed by atoms with Gasteiger partial charge in [-0.05, 0) is 12.3 Å². The minimum Gasteiger partial charge on any atom is -0.329 e. The van der Waals surface area contributed by atoms with Gasteiger partial charge in [0, 0.05) is 6.54 Å². The van der Waals surface area contributed by atoms with E-state index < -0.39 is 0 Å². The summed E-state index contributed by atoms with van der Waals surface area (Å²) < 4.78 is 0. The lowest BCUT2D eigenvalue weighted by molar-refractivity contribution is -0.126. The molecule has 0 aromatic heterocycles. The molecule has 0 aromatic carbocycles. The van der Waals surface area contributed by atoms with E-state index in [-0.39, 0.29) is 5.91 Å². The van der Waals surface area contributed by atoms with Crippen LogP contribution in [0.3, 0.4) is 0 Å². The Morgan fingerprint density at radius 3 is 2.91 bits per heavy atom. The van der Waals surface area contributed by atoms with Gasteiger partial charge in [0.25, 0.3) is 0 Å². The fourth-order valence-electron chi connectivity index (χ4n) is 1.45. The van der Waals surface area contributed by atoms with E-state index in [1.165, 1.54) is 19.3 Å². The van der Waals surface area contributed by atoms with Crippen LogP contribution in [0.4, 0.5) is 0 Å². The van der Waals surface area contributed by atoms with E-state index in [0.717, 1.165) is 19.1 Å². The van der Waals surface area contributed by atoms with Crippen molar-refractivity contribution in [3.05, 3.63) is 0 Å². The Hall–Kier alpha value is -0.570. The summed E-state index contributed by atoms with van der Waals surface area (Å²) in [5.41, 5.74) is 0. The van der Waals surface area contributed by atoms with Crippen LogP contribution in [0.25, 0.3) is 0 Å². The molecular weight excluding hydrogens is 140 g/mol. The Balaban J connectivity index is 1.71. The molecule has 1 aliphatic carbocycles. The predicted molar refractivity (Wildman–Crippen MR) is 41.9 cm³/mol. The summed E-state index contributed by atoms with van der Waals surface area (Å²) >= 11 is 0. The second-order valence-electron chi connectivity index (χ2n) is 3.47. The van der Waals surface area contributed by atoms with E-state index >= 15 is 0 Å². The molecule has 2 aliphatic rings. The molecule has 0 bridgehead atoms. The molecule has 0 radical (unpaired) electrons. The number of amides is 1. The smallest absolute Gasteiger partial charge is 0.237 e. The second-order valence-corrected chi connectivity index (χ2v) is 3.47. The van der Waals surface area contributed by atoms with Gasteiger partial charge in [-0.2, -0.15) is 0 Å². The quantitative estimate of drug-likeness (QED) is 0.628. The topological polar surface area (TPSA) is 32.3 Å². The van der Waals surface area contributed by atoms with E-state index in [4.69, 9.17) is 0 Å². The maximum absolute atomic E-state index is 11.1. The number of rotatable bonds is 3. The summed E-state index contributed by atoms with van der Waals surface area (Å²) in [4.78, 5) is 13.0. The third-order valence-corrected chi connectivity index (χ3v) is 2.44. The first-order valence-electron chi connectivity index (χ1n) is 4.35. The van der Waals surface area contributed by atoms with Gasteiger partial charge in [-0.15, -0.1) is 0 Å². The lowest BCUT2D eigenvalue weighted by Gasteiger charge is -2.13. The molecule has 2 rings (SSSR count). The van der Waals surface area contributed by atoms with Crippen molar-refractivity contribution >= 4 is 5.91 Å². The minimum atomic E-state index is 0.269. The predicted octanol–water partition coefficient (Wildman–Crippen LogP) is 0.176. The highest BCUT2D eigenvalue weighted by molar-refractivity contribution is 5.79. The summed E-state index contributed by atoms with van der Waals surface area (Å²) in [6.45, 7) is 2.28. The van der Waals surface area contributed by atoms with Gasteiger partial charge in [0.15, 0.2) is 0 Å². The molecule has 62 valence electrons. The first-order chi connectivity index (χ1) is 5.36. The van der Waals surface area contributed by atoms with Gasteiger partial charge in [-0.1, -0.05) is 12.8 Å². The zero-order valence-corrected chi connectivity index (χ0v) is 6.68. The Morgan fingerprint density at radius 2 is 2.36 bits per heavy atom. The van der Waals surface area contributed by atoms with Crippen molar-refractivity contribution in [3.63, 3.8) is 0 Å². The molecule has 1 saturated carbocycles. The minimum absolute atomic E-state index is 0.269. The van der Waals surface area contributed by atoms with Crippen molar-refractivity contribution in [1.82, 2.24) is 10.2 Å². The second kappa shape index (κ2) is 2.81. The molecular formula is C8H14N2O. The monoisotopic (exact) mass is 154 g/mol. The maximum atomic E-state index is 11.1. The highest BCUT2D eigenvalue weighted by atomic mass is 16.2. The van der Waals surface area contributed by atoms with E-state index in [0.29, 0.717) is 6.54 Å². The Labute approximate surface area is 66.8 Å². The molecule has 0 spiro atoms. The van der Waals surface area contributed by atoms with Crippen LogP contribution in [0.2, 0.25) is 0 Å². The van der Waals surface area contributed by atoms with Crippen molar-refractivity contribution in [1.29, 1.82) is 0 Å². The fraction of sp³-hybridized carbons (Fsp3) is 0.875. The first kappa shape index (κ1) is 7.10. The molecule has 1 heterocycles. The molecule has 0 unspecified atom stereocenters. The number of hydrogen-bond acceptors (Lipinski definition) is 2. The SMILES string of the molecule is O=C1CNCN1CCC1CC1. The molecule has 1 aliphatic heterocycles. The van der Waals surface area contributed by atoms with Crippen LogP contribution in [0.5, 0.6) is 0 Å². The summed E-state index contributed by atoms with van der Waals surface area (Å²) in [6, 6.07) is 0. The number of carbonyl (C=O) groups excluding carboxylic acids is 1. The summed E-state index contributed by atoms with van der Waals surface area (Å²) in [5, 5.41) is 3.04. The van der Waals surface area contributed by atoms with Crippen LogP contribution in [0.1, 0.15) is 19.3 Å². The third kappa shape index (κ3) is 1.71. The van der Waals surface area contributed by atoms with Crippen LogP contribution in [0, 0.1) is 5.92 Å². The van der Waals surface area contributed by atoms with Crippen LogP contribution < -0.4 is 5.32 Å². The molecule has 1 amide bonds. The highest BCUT2D eigenvalue weighted by Crippen LogP contribution is 2.32. The normalized spacial score (nSPS) is 24.7. The van der Waals surface area contributed by atoms with Crippen LogP contribution >= 0.6 is 0 Å². The number of carbonyl (C=O) groups is 1. The van der Waals surface area contributed by atoms with Gasteiger partial charge in [0.1, 0.15) is 0 Å². The third-order valence-electron chi connectivity index (χ3n) is 2.44. The number of nitrogens with one attached hydrogen (secondary N) is 1. The lowest BCUT2D eigenvalue weighted by atomic mass is 10.3. The van der Waals surface area contributed by atoms with E-state index in [9.17, 15) is 4.79 Å². The van der Waals surface area contributed by atoms with Gasteiger partial charge in [-0.3, -0.25) is 10.1 Å². The van der Waals surface area contributed by atoms with Crippen molar-refractivity contribution in [3.8, 4) is 0 Å². The van der Waals surface area contributed by atoms with E-state index in [2.05, 4.69) is 5.32 Å². The Kier molecular flexibility index (Phi) is 1.82. The summed E-state index contributed by atoms with van der Waals surface area (Å²) in [7, 11) is 0. The molecule has 3 nitrogen and oxygen atoms in total. The van der Waals surface area contributed by atoms with Gasteiger partial charge >= 0.3 is 0 Å². The molecule has 2 fully saturated rings. The van der Waals surface area contributed by atoms with Gasteiger partial charge in [0.2, 0.25) is 5.91 Å². The zero-order chi connectivity index (χ0) is 7.68. The van der Waals surface area contributed by atoms with Crippen molar-refractivity contribution in [2.75, 3.05) is 19.8 Å². The lowest BCUT2D eigenvalue weighted by Crippen LogP contribution is -2.27. The number of hydrogen-bond donors (Lipinski definition) is 1. The van der Waals surface area contributed by atoms with Crippen LogP contribution in [0.15, 0.2) is 0 Å². The zero-order valence-electron chi connectivity index (χ0n) is 6.68. The Morgan fingerprint density at radius 1 is 1.55 bits per heavy atom. The summed E-state index contributed by atoms with van der Waals surface area (Å²) in [5.74, 6) is 1.20. The standard InChI is InChI=1S/C8H14N2O/c11-8-5-9-6-10(8)4-3-7-1-2-7/h7,9H,1-6H2. The molecule has 1 saturated heterocycles. The van der Waals surface area contributed by atoms with Gasteiger partial charge in [0.05, 0.1) is 13.2 Å². The van der Waals surface area contributed by atoms with Crippen molar-refractivity contribution in [2.24, 2.45) is 5.92 Å². The summed E-state index contributed by atoms with van der Waals surface area (Å²) in [6.07, 6.45) is 3.98. The van der Waals surface area contributed by atoms with Crippen LogP contribution in [-0.4, -0.2) is 30.6 Å². The van der Waals surface area contributed by atoms with Gasteiger partial charge < -0.3 is 4.90 Å². The molecule has 0 aromatic rings. The van der Waals surface area contributed by atoms with Crippen LogP contribution in [-0.2, 0) is 4.79 Å². The maximum Gasteiger partial charge on any atom is 0.237 e. The van der Waals surface area contributed by atoms with E-state index in [1.807, 2.05) is 4.90 Å².